The number of rotatable bonds is 12. The zero-order chi connectivity index (χ0) is 30.2. The van der Waals surface area contributed by atoms with Crippen molar-refractivity contribution in [1.29, 1.82) is 0 Å². The maximum Gasteiger partial charge on any atom is 0.270 e. The van der Waals surface area contributed by atoms with Gasteiger partial charge in [-0.15, -0.1) is 0 Å². The van der Waals surface area contributed by atoms with Crippen molar-refractivity contribution >= 4 is 17.5 Å². The normalized spacial score (nSPS) is 17.2. The quantitative estimate of drug-likeness (QED) is 0.249. The highest BCUT2D eigenvalue weighted by Gasteiger charge is 2.41. The highest BCUT2D eigenvalue weighted by Crippen LogP contribution is 2.42. The van der Waals surface area contributed by atoms with Crippen molar-refractivity contribution < 1.29 is 14.3 Å². The molecule has 43 heavy (non-hydrogen) atoms. The summed E-state index contributed by atoms with van der Waals surface area (Å²) < 4.78 is 6.86. The van der Waals surface area contributed by atoms with Crippen LogP contribution in [0.25, 0.3) is 11.3 Å². The zero-order valence-electron chi connectivity index (χ0n) is 25.9. The number of pyridine rings is 1. The van der Waals surface area contributed by atoms with Crippen LogP contribution in [0.15, 0.2) is 30.6 Å². The monoisotopic (exact) mass is 589 g/mol. The van der Waals surface area contributed by atoms with Gasteiger partial charge in [0, 0.05) is 24.6 Å². The molecular formula is C33H47N7O3. The van der Waals surface area contributed by atoms with E-state index in [1.54, 1.807) is 30.3 Å². The number of amides is 2. The minimum Gasteiger partial charge on any atom is -0.383 e. The van der Waals surface area contributed by atoms with Crippen LogP contribution in [0.2, 0.25) is 0 Å². The van der Waals surface area contributed by atoms with Crippen LogP contribution < -0.4 is 10.6 Å². The fourth-order valence-corrected chi connectivity index (χ4v) is 7.31. The number of hydrogen-bond donors (Lipinski definition) is 3. The third-order valence-electron chi connectivity index (χ3n) is 9.44. The molecule has 2 aliphatic carbocycles. The van der Waals surface area contributed by atoms with Crippen LogP contribution in [0.1, 0.15) is 93.0 Å². The molecule has 0 radical (unpaired) electrons. The molecule has 0 aromatic carbocycles. The summed E-state index contributed by atoms with van der Waals surface area (Å²) in [5.41, 5.74) is 4.81. The van der Waals surface area contributed by atoms with Gasteiger partial charge in [-0.2, -0.15) is 10.2 Å². The van der Waals surface area contributed by atoms with E-state index in [1.165, 1.54) is 38.5 Å². The first-order valence-electron chi connectivity index (χ1n) is 16.1. The van der Waals surface area contributed by atoms with E-state index >= 15 is 0 Å². The molecule has 3 aromatic heterocycles. The number of aryl methyl sites for hydroxylation is 2. The predicted octanol–water partition coefficient (Wildman–Crippen LogP) is 5.70. The molecule has 3 N–H and O–H groups in total. The Labute approximate surface area is 254 Å². The highest BCUT2D eigenvalue weighted by atomic mass is 16.5. The topological polar surface area (TPSA) is 127 Å². The number of hydrogen-bond acceptors (Lipinski definition) is 6. The number of aromatic amines is 1. The Morgan fingerprint density at radius 2 is 1.74 bits per heavy atom. The van der Waals surface area contributed by atoms with E-state index in [0.717, 1.165) is 54.7 Å². The third-order valence-corrected chi connectivity index (χ3v) is 9.44. The molecule has 5 rings (SSSR count). The Morgan fingerprint density at radius 1 is 1.05 bits per heavy atom. The second kappa shape index (κ2) is 14.8. The number of nitrogens with one attached hydrogen (secondary N) is 3. The van der Waals surface area contributed by atoms with Crippen molar-refractivity contribution in [2.75, 3.05) is 19.0 Å². The first kappa shape index (κ1) is 30.9. The van der Waals surface area contributed by atoms with Crippen LogP contribution in [-0.4, -0.2) is 56.5 Å². The number of aromatic nitrogens is 5. The summed E-state index contributed by atoms with van der Waals surface area (Å²) in [4.78, 5) is 32.7. The largest absolute Gasteiger partial charge is 0.383 e. The molecule has 232 valence electrons. The molecule has 0 bridgehead atoms. The standard InChI is InChI=1S/C33H47N7O3/c1-4-26-29(22(2)38-39-26)27-16-15-25(21-34-27)36-33(42)31(37-32(41)28-17-18-35-40(28)19-20-43-3)30(23-11-7-5-8-12-23)24-13-9-6-10-14-24/h15-18,21,23-24,30-31H,4-14,19-20H2,1-3H3,(H,36,42)(H,37,41)(H,38,39)/t31-/m0/s1. The van der Waals surface area contributed by atoms with E-state index in [9.17, 15) is 9.59 Å². The SMILES string of the molecule is CCc1n[nH]c(C)c1-c1ccc(NC(=O)[C@@H](NC(=O)c2ccnn2CCOC)C(C2CCCCC2)C2CCCCC2)cn1. The van der Waals surface area contributed by atoms with E-state index < -0.39 is 6.04 Å². The minimum absolute atomic E-state index is 0.0767. The molecule has 3 aromatic rings. The van der Waals surface area contributed by atoms with Gasteiger partial charge in [-0.05, 0) is 49.3 Å². The Morgan fingerprint density at radius 3 is 2.35 bits per heavy atom. The summed E-state index contributed by atoms with van der Waals surface area (Å²) in [6.45, 7) is 4.97. The molecule has 10 nitrogen and oxygen atoms in total. The molecular weight excluding hydrogens is 542 g/mol. The highest BCUT2D eigenvalue weighted by molar-refractivity contribution is 6.00. The first-order chi connectivity index (χ1) is 21.0. The van der Waals surface area contributed by atoms with Gasteiger partial charge in [0.15, 0.2) is 0 Å². The number of carbonyl (C=O) groups is 2. The molecule has 0 aliphatic heterocycles. The number of carbonyl (C=O) groups excluding carboxylic acids is 2. The average Bonchev–Trinajstić information content (AvgIpc) is 3.67. The molecule has 0 spiro atoms. The van der Waals surface area contributed by atoms with E-state index in [-0.39, 0.29) is 17.7 Å². The van der Waals surface area contributed by atoms with Crippen molar-refractivity contribution in [2.24, 2.45) is 17.8 Å². The van der Waals surface area contributed by atoms with Gasteiger partial charge >= 0.3 is 0 Å². The summed E-state index contributed by atoms with van der Waals surface area (Å²) in [6, 6.07) is 4.86. The number of ether oxygens (including phenoxy) is 1. The van der Waals surface area contributed by atoms with Gasteiger partial charge < -0.3 is 15.4 Å². The number of H-pyrrole nitrogens is 1. The van der Waals surface area contributed by atoms with Gasteiger partial charge in [-0.3, -0.25) is 24.4 Å². The molecule has 0 unspecified atom stereocenters. The van der Waals surface area contributed by atoms with E-state index in [1.807, 2.05) is 19.1 Å². The van der Waals surface area contributed by atoms with Crippen LogP contribution in [-0.2, 0) is 22.5 Å². The second-order valence-corrected chi connectivity index (χ2v) is 12.2. The molecule has 2 saturated carbocycles. The smallest absolute Gasteiger partial charge is 0.270 e. The Kier molecular flexibility index (Phi) is 10.6. The lowest BCUT2D eigenvalue weighted by molar-refractivity contribution is -0.121. The lowest BCUT2D eigenvalue weighted by Gasteiger charge is -2.42. The Balaban J connectivity index is 1.42. The molecule has 2 amide bonds. The van der Waals surface area contributed by atoms with Crippen LogP contribution in [0.3, 0.4) is 0 Å². The minimum atomic E-state index is -0.660. The van der Waals surface area contributed by atoms with Crippen molar-refractivity contribution in [3.63, 3.8) is 0 Å². The summed E-state index contributed by atoms with van der Waals surface area (Å²) in [6.07, 6.45) is 15.7. The van der Waals surface area contributed by atoms with E-state index in [0.29, 0.717) is 36.4 Å². The van der Waals surface area contributed by atoms with Crippen LogP contribution in [0.4, 0.5) is 5.69 Å². The summed E-state index contributed by atoms with van der Waals surface area (Å²) in [7, 11) is 1.63. The maximum absolute atomic E-state index is 14.3. The van der Waals surface area contributed by atoms with Crippen molar-refractivity contribution in [3.05, 3.63) is 47.7 Å². The fraction of sp³-hybridized carbons (Fsp3) is 0.606. The lowest BCUT2D eigenvalue weighted by Crippen LogP contribution is -2.53. The molecule has 0 saturated heterocycles. The summed E-state index contributed by atoms with van der Waals surface area (Å²) in [5.74, 6) is 0.432. The maximum atomic E-state index is 14.3. The van der Waals surface area contributed by atoms with E-state index in [2.05, 4.69) is 37.8 Å². The number of anilines is 1. The lowest BCUT2D eigenvalue weighted by atomic mass is 9.66. The average molecular weight is 590 g/mol. The summed E-state index contributed by atoms with van der Waals surface area (Å²) >= 11 is 0. The zero-order valence-corrected chi connectivity index (χ0v) is 25.9. The van der Waals surface area contributed by atoms with Gasteiger partial charge in [0.1, 0.15) is 11.7 Å². The van der Waals surface area contributed by atoms with Gasteiger partial charge in [-0.1, -0.05) is 71.1 Å². The van der Waals surface area contributed by atoms with Gasteiger partial charge in [0.05, 0.1) is 36.4 Å². The Hall–Kier alpha value is -3.53. The van der Waals surface area contributed by atoms with Gasteiger partial charge in [0.2, 0.25) is 5.91 Å². The number of nitrogens with zero attached hydrogens (tertiary/aromatic N) is 4. The molecule has 2 aliphatic rings. The van der Waals surface area contributed by atoms with Crippen molar-refractivity contribution in [1.82, 2.24) is 30.3 Å². The van der Waals surface area contributed by atoms with Crippen molar-refractivity contribution in [2.45, 2.75) is 97.1 Å². The first-order valence-corrected chi connectivity index (χ1v) is 16.1. The van der Waals surface area contributed by atoms with Crippen molar-refractivity contribution in [3.8, 4) is 11.3 Å². The van der Waals surface area contributed by atoms with Crippen LogP contribution in [0.5, 0.6) is 0 Å². The van der Waals surface area contributed by atoms with E-state index in [4.69, 9.17) is 4.74 Å². The fourth-order valence-electron chi connectivity index (χ4n) is 7.31. The number of methoxy groups -OCH3 is 1. The molecule has 1 atom stereocenters. The molecule has 2 fully saturated rings. The van der Waals surface area contributed by atoms with Crippen LogP contribution in [0, 0.1) is 24.7 Å². The van der Waals surface area contributed by atoms with Gasteiger partial charge in [-0.25, -0.2) is 0 Å². The Bertz CT molecular complexity index is 1320. The third kappa shape index (κ3) is 7.34. The van der Waals surface area contributed by atoms with Crippen LogP contribution >= 0.6 is 0 Å². The summed E-state index contributed by atoms with van der Waals surface area (Å²) in [5, 5.41) is 18.1. The predicted molar refractivity (Wildman–Crippen MR) is 167 cm³/mol. The molecule has 3 heterocycles. The van der Waals surface area contributed by atoms with Gasteiger partial charge in [0.25, 0.3) is 5.91 Å². The second-order valence-electron chi connectivity index (χ2n) is 12.2. The molecule has 10 heteroatoms.